The van der Waals surface area contributed by atoms with Gasteiger partial charge in [0, 0.05) is 25.2 Å². The van der Waals surface area contributed by atoms with Crippen molar-refractivity contribution in [1.82, 2.24) is 9.97 Å². The molecule has 1 fully saturated rings. The van der Waals surface area contributed by atoms with Crippen molar-refractivity contribution in [2.45, 2.75) is 32.7 Å². The van der Waals surface area contributed by atoms with Gasteiger partial charge in [0.2, 0.25) is 5.88 Å². The van der Waals surface area contributed by atoms with Gasteiger partial charge in [-0.2, -0.15) is 0 Å². The molecule has 5 nitrogen and oxygen atoms in total. The Balaban J connectivity index is 2.07. The van der Waals surface area contributed by atoms with Crippen LogP contribution >= 0.6 is 0 Å². The third-order valence-electron chi connectivity index (χ3n) is 4.19. The van der Waals surface area contributed by atoms with Crippen molar-refractivity contribution < 1.29 is 4.74 Å². The second kappa shape index (κ2) is 6.19. The number of nitrogens with two attached hydrogens (primary N) is 1. The van der Waals surface area contributed by atoms with Crippen LogP contribution in [0.2, 0.25) is 0 Å². The van der Waals surface area contributed by atoms with Crippen LogP contribution in [0.4, 0.5) is 5.82 Å². The minimum absolute atomic E-state index is 0.304. The third kappa shape index (κ3) is 3.15. The van der Waals surface area contributed by atoms with E-state index in [2.05, 4.69) is 28.7 Å². The van der Waals surface area contributed by atoms with E-state index in [-0.39, 0.29) is 0 Å². The van der Waals surface area contributed by atoms with E-state index >= 15 is 0 Å². The summed E-state index contributed by atoms with van der Waals surface area (Å²) >= 11 is 0. The van der Waals surface area contributed by atoms with Crippen LogP contribution in [0, 0.1) is 11.8 Å². The van der Waals surface area contributed by atoms with E-state index in [0.29, 0.717) is 23.8 Å². The third-order valence-corrected chi connectivity index (χ3v) is 4.19. The number of aromatic nitrogens is 2. The SMILES string of the molecule is CCN(C[C@@H]1CC[C@H](C)[C@H]1N)c1cc(OC)ncn1. The molecule has 2 N–H and O–H groups in total. The van der Waals surface area contributed by atoms with Crippen molar-refractivity contribution >= 4 is 5.82 Å². The molecule has 0 unspecified atom stereocenters. The van der Waals surface area contributed by atoms with Crippen LogP contribution in [0.1, 0.15) is 26.7 Å². The molecule has 0 amide bonds. The number of ether oxygens (including phenoxy) is 1. The smallest absolute Gasteiger partial charge is 0.218 e. The van der Waals surface area contributed by atoms with Gasteiger partial charge in [0.05, 0.1) is 7.11 Å². The maximum atomic E-state index is 6.28. The molecule has 0 spiro atoms. The Morgan fingerprint density at radius 1 is 1.42 bits per heavy atom. The van der Waals surface area contributed by atoms with Crippen molar-refractivity contribution in [3.63, 3.8) is 0 Å². The van der Waals surface area contributed by atoms with Gasteiger partial charge < -0.3 is 15.4 Å². The summed E-state index contributed by atoms with van der Waals surface area (Å²) in [6.45, 7) is 6.26. The topological polar surface area (TPSA) is 64.3 Å². The lowest BCUT2D eigenvalue weighted by atomic mass is 9.99. The van der Waals surface area contributed by atoms with Gasteiger partial charge in [-0.25, -0.2) is 9.97 Å². The molecule has 1 saturated carbocycles. The fraction of sp³-hybridized carbons (Fsp3) is 0.714. The van der Waals surface area contributed by atoms with Gasteiger partial charge in [-0.05, 0) is 31.6 Å². The van der Waals surface area contributed by atoms with Crippen LogP contribution in [0.25, 0.3) is 0 Å². The molecule has 106 valence electrons. The standard InChI is InChI=1S/C14H24N4O/c1-4-18(8-11-6-5-10(2)14(11)15)12-7-13(19-3)17-9-16-12/h7,9-11,14H,4-6,8,15H2,1-3H3/t10-,11-,14+/m0/s1. The lowest BCUT2D eigenvalue weighted by Crippen LogP contribution is -2.38. The average Bonchev–Trinajstić information content (AvgIpc) is 2.76. The fourth-order valence-electron chi connectivity index (χ4n) is 2.82. The summed E-state index contributed by atoms with van der Waals surface area (Å²) < 4.78 is 5.16. The molecule has 5 heteroatoms. The van der Waals surface area contributed by atoms with E-state index in [0.717, 1.165) is 18.9 Å². The summed E-state index contributed by atoms with van der Waals surface area (Å²) in [5.74, 6) is 2.70. The van der Waals surface area contributed by atoms with E-state index in [9.17, 15) is 0 Å². The van der Waals surface area contributed by atoms with Crippen molar-refractivity contribution in [3.05, 3.63) is 12.4 Å². The fourth-order valence-corrected chi connectivity index (χ4v) is 2.82. The number of anilines is 1. The predicted molar refractivity (Wildman–Crippen MR) is 76.3 cm³/mol. The number of hydrogen-bond donors (Lipinski definition) is 1. The molecule has 2 rings (SSSR count). The van der Waals surface area contributed by atoms with Gasteiger partial charge in [-0.3, -0.25) is 0 Å². The molecular weight excluding hydrogens is 240 g/mol. The van der Waals surface area contributed by atoms with Crippen LogP contribution < -0.4 is 15.4 Å². The summed E-state index contributed by atoms with van der Waals surface area (Å²) in [6.07, 6.45) is 3.99. The highest BCUT2D eigenvalue weighted by Gasteiger charge is 2.31. The van der Waals surface area contributed by atoms with Gasteiger partial charge in [0.1, 0.15) is 12.1 Å². The minimum Gasteiger partial charge on any atom is -0.481 e. The first kappa shape index (κ1) is 14.1. The molecule has 19 heavy (non-hydrogen) atoms. The van der Waals surface area contributed by atoms with Crippen molar-refractivity contribution in [2.75, 3.05) is 25.1 Å². The highest BCUT2D eigenvalue weighted by molar-refractivity contribution is 5.40. The Bertz CT molecular complexity index is 412. The van der Waals surface area contributed by atoms with E-state index in [1.165, 1.54) is 12.8 Å². The molecular formula is C14H24N4O. The largest absolute Gasteiger partial charge is 0.481 e. The Hall–Kier alpha value is -1.36. The quantitative estimate of drug-likeness (QED) is 0.876. The van der Waals surface area contributed by atoms with Gasteiger partial charge in [-0.1, -0.05) is 6.92 Å². The zero-order valence-electron chi connectivity index (χ0n) is 12.0. The van der Waals surface area contributed by atoms with Crippen molar-refractivity contribution in [3.8, 4) is 5.88 Å². The lowest BCUT2D eigenvalue weighted by molar-refractivity contribution is 0.396. The normalized spacial score (nSPS) is 26.4. The predicted octanol–water partition coefficient (Wildman–Crippen LogP) is 1.68. The van der Waals surface area contributed by atoms with Crippen LogP contribution in [-0.2, 0) is 0 Å². The van der Waals surface area contributed by atoms with E-state index in [1.54, 1.807) is 13.4 Å². The zero-order chi connectivity index (χ0) is 13.8. The van der Waals surface area contributed by atoms with Crippen molar-refractivity contribution in [1.29, 1.82) is 0 Å². The Morgan fingerprint density at radius 3 is 2.79 bits per heavy atom. The van der Waals surface area contributed by atoms with E-state index in [4.69, 9.17) is 10.5 Å². The second-order valence-electron chi connectivity index (χ2n) is 5.35. The van der Waals surface area contributed by atoms with E-state index in [1.807, 2.05) is 6.07 Å². The van der Waals surface area contributed by atoms with Gasteiger partial charge in [0.15, 0.2) is 0 Å². The van der Waals surface area contributed by atoms with Gasteiger partial charge in [-0.15, -0.1) is 0 Å². The number of nitrogens with zero attached hydrogens (tertiary/aromatic N) is 3. The molecule has 0 aromatic carbocycles. The summed E-state index contributed by atoms with van der Waals surface area (Å²) in [5.41, 5.74) is 6.28. The molecule has 1 aromatic heterocycles. The molecule has 0 bridgehead atoms. The van der Waals surface area contributed by atoms with Crippen LogP contribution in [-0.4, -0.2) is 36.2 Å². The van der Waals surface area contributed by atoms with Crippen LogP contribution in [0.3, 0.4) is 0 Å². The molecule has 0 radical (unpaired) electrons. The Labute approximate surface area is 115 Å². The second-order valence-corrected chi connectivity index (χ2v) is 5.35. The summed E-state index contributed by atoms with van der Waals surface area (Å²) in [5, 5.41) is 0. The molecule has 1 heterocycles. The lowest BCUT2D eigenvalue weighted by Gasteiger charge is -2.28. The number of rotatable bonds is 5. The van der Waals surface area contributed by atoms with Gasteiger partial charge >= 0.3 is 0 Å². The van der Waals surface area contributed by atoms with Gasteiger partial charge in [0.25, 0.3) is 0 Å². The molecule has 1 aliphatic rings. The number of hydrogen-bond acceptors (Lipinski definition) is 5. The first-order valence-electron chi connectivity index (χ1n) is 7.02. The maximum absolute atomic E-state index is 6.28. The molecule has 0 saturated heterocycles. The summed E-state index contributed by atoms with van der Waals surface area (Å²) in [7, 11) is 1.62. The van der Waals surface area contributed by atoms with Crippen molar-refractivity contribution in [2.24, 2.45) is 17.6 Å². The Morgan fingerprint density at radius 2 is 2.21 bits per heavy atom. The molecule has 1 aromatic rings. The monoisotopic (exact) mass is 264 g/mol. The highest BCUT2D eigenvalue weighted by atomic mass is 16.5. The maximum Gasteiger partial charge on any atom is 0.218 e. The molecule has 3 atom stereocenters. The number of methoxy groups -OCH3 is 1. The van der Waals surface area contributed by atoms with E-state index < -0.39 is 0 Å². The molecule has 1 aliphatic carbocycles. The summed E-state index contributed by atoms with van der Waals surface area (Å²) in [6, 6.07) is 2.19. The summed E-state index contributed by atoms with van der Waals surface area (Å²) in [4.78, 5) is 10.6. The zero-order valence-corrected chi connectivity index (χ0v) is 12.0. The minimum atomic E-state index is 0.304. The first-order valence-corrected chi connectivity index (χ1v) is 7.02. The first-order chi connectivity index (χ1) is 9.15. The average molecular weight is 264 g/mol. The Kier molecular flexibility index (Phi) is 4.58. The molecule has 0 aliphatic heterocycles. The highest BCUT2D eigenvalue weighted by Crippen LogP contribution is 2.31. The van der Waals surface area contributed by atoms with Crippen LogP contribution in [0.5, 0.6) is 5.88 Å². The van der Waals surface area contributed by atoms with Crippen LogP contribution in [0.15, 0.2) is 12.4 Å².